The molecule has 40 heavy (non-hydrogen) atoms. The van der Waals surface area contributed by atoms with Crippen molar-refractivity contribution in [1.82, 2.24) is 14.5 Å². The predicted octanol–water partition coefficient (Wildman–Crippen LogP) is 7.28. The van der Waals surface area contributed by atoms with Crippen LogP contribution in [0.4, 0.5) is 13.2 Å². The van der Waals surface area contributed by atoms with Gasteiger partial charge in [-0.25, -0.2) is 18.4 Å². The van der Waals surface area contributed by atoms with Gasteiger partial charge in [0.1, 0.15) is 11.5 Å². The summed E-state index contributed by atoms with van der Waals surface area (Å²) in [5.74, 6) is 0.757. The van der Waals surface area contributed by atoms with Gasteiger partial charge in [-0.1, -0.05) is 41.6 Å². The molecule has 0 bridgehead atoms. The monoisotopic (exact) mass is 587 g/mol. The Kier molecular flexibility index (Phi) is 6.91. The quantitative estimate of drug-likeness (QED) is 0.292. The molecule has 1 aromatic carbocycles. The van der Waals surface area contributed by atoms with Gasteiger partial charge in [0.25, 0.3) is 0 Å². The Bertz CT molecular complexity index is 1780. The third-order valence-electron chi connectivity index (χ3n) is 6.49. The normalized spacial score (nSPS) is 17.8. The molecule has 2 aliphatic rings. The van der Waals surface area contributed by atoms with Crippen molar-refractivity contribution in [3.05, 3.63) is 106 Å². The van der Waals surface area contributed by atoms with E-state index in [0.717, 1.165) is 11.8 Å². The van der Waals surface area contributed by atoms with Crippen LogP contribution in [-0.2, 0) is 16.0 Å². The zero-order chi connectivity index (χ0) is 29.0. The zero-order valence-electron chi connectivity index (χ0n) is 21.6. The van der Waals surface area contributed by atoms with Crippen LogP contribution in [-0.4, -0.2) is 34.5 Å². The summed E-state index contributed by atoms with van der Waals surface area (Å²) in [5, 5.41) is 3.57. The Morgan fingerprint density at radius 1 is 1.20 bits per heavy atom. The summed E-state index contributed by atoms with van der Waals surface area (Å²) in [5.41, 5.74) is 2.50. The molecule has 0 saturated heterocycles. The summed E-state index contributed by atoms with van der Waals surface area (Å²) in [6.07, 6.45) is 6.10. The molecule has 3 aromatic rings. The second-order valence-corrected chi connectivity index (χ2v) is 12.2. The molecule has 5 rings (SSSR count). The molecule has 208 valence electrons. The third-order valence-corrected chi connectivity index (χ3v) is 8.11. The number of allylic oxidation sites excluding steroid dienone is 6. The van der Waals surface area contributed by atoms with E-state index in [1.165, 1.54) is 17.7 Å². The summed E-state index contributed by atoms with van der Waals surface area (Å²) in [6.45, 7) is 6.97. The summed E-state index contributed by atoms with van der Waals surface area (Å²) < 4.78 is 72.4. The average Bonchev–Trinajstić information content (AvgIpc) is 3.45. The number of oxazole rings is 1. The first-order valence-corrected chi connectivity index (χ1v) is 14.4. The maximum atomic E-state index is 13.5. The molecule has 1 atom stereocenters. The van der Waals surface area contributed by atoms with Crippen molar-refractivity contribution in [2.75, 3.05) is 6.26 Å². The maximum absolute atomic E-state index is 13.5. The summed E-state index contributed by atoms with van der Waals surface area (Å²) in [7, 11) is -3.34. The lowest BCUT2D eigenvalue weighted by Gasteiger charge is -2.26. The maximum Gasteiger partial charge on any atom is 0.434 e. The summed E-state index contributed by atoms with van der Waals surface area (Å²) in [4.78, 5) is 8.32. The van der Waals surface area contributed by atoms with E-state index in [1.807, 2.05) is 6.08 Å². The fourth-order valence-electron chi connectivity index (χ4n) is 4.63. The van der Waals surface area contributed by atoms with Crippen LogP contribution in [0, 0.1) is 13.8 Å². The number of hydrogen-bond donors (Lipinski definition) is 0. The van der Waals surface area contributed by atoms with E-state index >= 15 is 0 Å². The Balaban J connectivity index is 1.73. The lowest BCUT2D eigenvalue weighted by molar-refractivity contribution is -0.141. The number of alkyl halides is 3. The molecular weight excluding hydrogens is 565 g/mol. The van der Waals surface area contributed by atoms with Crippen LogP contribution in [0.3, 0.4) is 0 Å². The van der Waals surface area contributed by atoms with Crippen LogP contribution >= 0.6 is 11.6 Å². The predicted molar refractivity (Wildman–Crippen MR) is 148 cm³/mol. The van der Waals surface area contributed by atoms with Crippen LogP contribution in [0.5, 0.6) is 0 Å². The molecule has 0 amide bonds. The number of halogens is 4. The van der Waals surface area contributed by atoms with Crippen molar-refractivity contribution in [1.29, 1.82) is 0 Å². The molecule has 7 nitrogen and oxygen atoms in total. The van der Waals surface area contributed by atoms with Crippen molar-refractivity contribution in [2.24, 2.45) is 0 Å². The van der Waals surface area contributed by atoms with Crippen LogP contribution in [0.25, 0.3) is 33.4 Å². The molecule has 2 aromatic heterocycles. The molecule has 0 saturated carbocycles. The smallest absolute Gasteiger partial charge is 0.434 e. The molecule has 3 heterocycles. The molecule has 1 unspecified atom stereocenters. The molecular formula is C28H23ClF3N4O3S-. The third kappa shape index (κ3) is 5.44. The SMILES string of the molecule is C=C1C=C(c2oc(C)nc2-c2cc(C3=CC=CC(S(C)(=O)=O)C3)ccc2-n2cc(C(F)(F)F)nc2C)C=C(Cl)[N-]1. The number of aromatic nitrogens is 3. The minimum absolute atomic E-state index is 0.118. The fraction of sp³-hybridized carbons (Fsp3) is 0.214. The van der Waals surface area contributed by atoms with E-state index in [1.54, 1.807) is 49.4 Å². The minimum Gasteiger partial charge on any atom is -0.649 e. The molecule has 0 spiro atoms. The van der Waals surface area contributed by atoms with Crippen LogP contribution < -0.4 is 0 Å². The number of imidazole rings is 1. The van der Waals surface area contributed by atoms with Crippen LogP contribution in [0.1, 0.15) is 35.2 Å². The molecule has 0 fully saturated rings. The van der Waals surface area contributed by atoms with Gasteiger partial charge in [0.15, 0.2) is 27.2 Å². The van der Waals surface area contributed by atoms with Crippen molar-refractivity contribution in [3.8, 4) is 16.9 Å². The van der Waals surface area contributed by atoms with Crippen molar-refractivity contribution in [2.45, 2.75) is 31.7 Å². The van der Waals surface area contributed by atoms with Gasteiger partial charge in [-0.15, -0.1) is 23.9 Å². The Morgan fingerprint density at radius 2 is 1.95 bits per heavy atom. The van der Waals surface area contributed by atoms with Crippen LogP contribution in [0.15, 0.2) is 76.6 Å². The zero-order valence-corrected chi connectivity index (χ0v) is 23.2. The van der Waals surface area contributed by atoms with E-state index in [0.29, 0.717) is 45.4 Å². The first kappa shape index (κ1) is 27.7. The number of sulfone groups is 1. The number of aryl methyl sites for hydroxylation is 2. The lowest BCUT2D eigenvalue weighted by atomic mass is 9.93. The van der Waals surface area contributed by atoms with Gasteiger partial charge >= 0.3 is 6.18 Å². The first-order chi connectivity index (χ1) is 18.7. The number of rotatable bonds is 5. The largest absolute Gasteiger partial charge is 0.649 e. The molecule has 0 radical (unpaired) electrons. The number of nitrogens with zero attached hydrogens (tertiary/aromatic N) is 4. The molecule has 12 heteroatoms. The first-order valence-electron chi connectivity index (χ1n) is 12.0. The summed E-state index contributed by atoms with van der Waals surface area (Å²) in [6, 6.07) is 5.16. The fourth-order valence-corrected chi connectivity index (χ4v) is 5.72. The highest BCUT2D eigenvalue weighted by Crippen LogP contribution is 2.41. The Hall–Kier alpha value is -3.83. The average molecular weight is 588 g/mol. The summed E-state index contributed by atoms with van der Waals surface area (Å²) >= 11 is 6.18. The van der Waals surface area contributed by atoms with E-state index < -0.39 is 27.0 Å². The standard InChI is InChI=1S/C28H23ClF3N4O3S/c1-15-10-20(13-25(29)33-15)27-26(35-17(3)39-27)22-12-19(18-6-5-7-21(11-18)40(4,37)38)8-9-23(22)36-14-24(28(30,31)32)34-16(36)2/h5-10,12-14,21H,1,11H2,2-4H3/q-1. The van der Waals surface area contributed by atoms with Crippen molar-refractivity contribution >= 4 is 32.6 Å². The second-order valence-electron chi connectivity index (χ2n) is 9.50. The number of hydrogen-bond acceptors (Lipinski definition) is 5. The van der Waals surface area contributed by atoms with Gasteiger partial charge in [0.05, 0.1) is 10.9 Å². The van der Waals surface area contributed by atoms with E-state index in [4.69, 9.17) is 16.0 Å². The van der Waals surface area contributed by atoms with Gasteiger partial charge in [-0.3, -0.25) is 0 Å². The van der Waals surface area contributed by atoms with Gasteiger partial charge in [0, 0.05) is 30.5 Å². The molecule has 1 aliphatic heterocycles. The lowest BCUT2D eigenvalue weighted by Crippen LogP contribution is -2.19. The van der Waals surface area contributed by atoms with E-state index in [-0.39, 0.29) is 17.4 Å². The topological polar surface area (TPSA) is 92.1 Å². The minimum atomic E-state index is -4.63. The van der Waals surface area contributed by atoms with Gasteiger partial charge in [-0.2, -0.15) is 13.2 Å². The van der Waals surface area contributed by atoms with Gasteiger partial charge in [-0.05, 0) is 36.6 Å². The second kappa shape index (κ2) is 9.97. The van der Waals surface area contributed by atoms with Gasteiger partial charge < -0.3 is 14.3 Å². The van der Waals surface area contributed by atoms with Crippen LogP contribution in [0.2, 0.25) is 0 Å². The highest BCUT2D eigenvalue weighted by Gasteiger charge is 2.35. The Labute approximate surface area is 234 Å². The molecule has 0 N–H and O–H groups in total. The Morgan fingerprint density at radius 3 is 2.60 bits per heavy atom. The van der Waals surface area contributed by atoms with E-state index in [9.17, 15) is 21.6 Å². The number of benzene rings is 1. The highest BCUT2D eigenvalue weighted by molar-refractivity contribution is 7.91. The van der Waals surface area contributed by atoms with Crippen molar-refractivity contribution in [3.63, 3.8) is 0 Å². The highest BCUT2D eigenvalue weighted by atomic mass is 35.5. The van der Waals surface area contributed by atoms with E-state index in [2.05, 4.69) is 21.9 Å². The van der Waals surface area contributed by atoms with Crippen molar-refractivity contribution < 1.29 is 26.0 Å². The van der Waals surface area contributed by atoms with Gasteiger partial charge in [0.2, 0.25) is 0 Å². The molecule has 1 aliphatic carbocycles.